The molecule has 1 aromatic heterocycles. The molecule has 0 saturated carbocycles. The lowest BCUT2D eigenvalue weighted by atomic mass is 10.6. The SMILES string of the molecule is CNC(=NC#N)NCCNC(N)=NCCSCc1nc[nH]n1. The fourth-order valence-corrected chi connectivity index (χ4v) is 2.05. The number of aromatic nitrogens is 3. The highest BCUT2D eigenvalue weighted by Gasteiger charge is 1.97. The first kappa shape index (κ1) is 17.6. The van der Waals surface area contributed by atoms with Crippen molar-refractivity contribution in [2.75, 3.05) is 32.4 Å². The zero-order chi connectivity index (χ0) is 16.0. The summed E-state index contributed by atoms with van der Waals surface area (Å²) in [7, 11) is 1.68. The van der Waals surface area contributed by atoms with Crippen molar-refractivity contribution < 1.29 is 0 Å². The lowest BCUT2D eigenvalue weighted by Crippen LogP contribution is -2.41. The van der Waals surface area contributed by atoms with E-state index in [0.29, 0.717) is 31.6 Å². The summed E-state index contributed by atoms with van der Waals surface area (Å²) < 4.78 is 0. The van der Waals surface area contributed by atoms with E-state index in [0.717, 1.165) is 17.3 Å². The van der Waals surface area contributed by atoms with Gasteiger partial charge in [0.2, 0.25) is 12.2 Å². The van der Waals surface area contributed by atoms with Crippen molar-refractivity contribution >= 4 is 23.7 Å². The predicted molar refractivity (Wildman–Crippen MR) is 87.1 cm³/mol. The molecule has 22 heavy (non-hydrogen) atoms. The van der Waals surface area contributed by atoms with Gasteiger partial charge in [0.1, 0.15) is 6.33 Å². The Morgan fingerprint density at radius 1 is 1.50 bits per heavy atom. The van der Waals surface area contributed by atoms with Gasteiger partial charge in [0.15, 0.2) is 11.8 Å². The molecule has 0 aliphatic heterocycles. The van der Waals surface area contributed by atoms with Crippen molar-refractivity contribution in [1.29, 1.82) is 5.26 Å². The predicted octanol–water partition coefficient (Wildman–Crippen LogP) is -1.41. The lowest BCUT2D eigenvalue weighted by Gasteiger charge is -2.08. The smallest absolute Gasteiger partial charge is 0.209 e. The molecule has 120 valence electrons. The number of aliphatic imine (C=N–C) groups is 2. The first-order chi connectivity index (χ1) is 10.8. The molecule has 0 bridgehead atoms. The summed E-state index contributed by atoms with van der Waals surface area (Å²) >= 11 is 1.69. The second-order valence-electron chi connectivity index (χ2n) is 3.90. The van der Waals surface area contributed by atoms with Crippen LogP contribution in [0.3, 0.4) is 0 Å². The summed E-state index contributed by atoms with van der Waals surface area (Å²) in [5.41, 5.74) is 5.73. The van der Waals surface area contributed by atoms with Crippen LogP contribution < -0.4 is 21.7 Å². The number of nitrogens with zero attached hydrogens (tertiary/aromatic N) is 5. The van der Waals surface area contributed by atoms with Gasteiger partial charge in [0.05, 0.1) is 12.3 Å². The molecule has 0 unspecified atom stereocenters. The molecule has 1 heterocycles. The zero-order valence-corrected chi connectivity index (χ0v) is 13.2. The first-order valence-corrected chi connectivity index (χ1v) is 7.76. The Morgan fingerprint density at radius 2 is 2.32 bits per heavy atom. The molecule has 10 nitrogen and oxygen atoms in total. The molecule has 0 fully saturated rings. The van der Waals surface area contributed by atoms with E-state index >= 15 is 0 Å². The Morgan fingerprint density at radius 3 is 3.00 bits per heavy atom. The fourth-order valence-electron chi connectivity index (χ4n) is 1.36. The van der Waals surface area contributed by atoms with Crippen molar-refractivity contribution in [1.82, 2.24) is 31.1 Å². The van der Waals surface area contributed by atoms with Gasteiger partial charge in [-0.15, -0.1) is 4.99 Å². The summed E-state index contributed by atoms with van der Waals surface area (Å²) in [6.07, 6.45) is 3.26. The Bertz CT molecular complexity index is 503. The van der Waals surface area contributed by atoms with Crippen molar-refractivity contribution in [2.45, 2.75) is 5.75 Å². The van der Waals surface area contributed by atoms with Crippen LogP contribution in [0.2, 0.25) is 0 Å². The molecular weight excluding hydrogens is 304 g/mol. The van der Waals surface area contributed by atoms with Gasteiger partial charge in [-0.2, -0.15) is 22.1 Å². The van der Waals surface area contributed by atoms with Crippen molar-refractivity contribution in [3.8, 4) is 6.19 Å². The van der Waals surface area contributed by atoms with Gasteiger partial charge in [-0.25, -0.2) is 4.98 Å². The van der Waals surface area contributed by atoms with Gasteiger partial charge in [0.25, 0.3) is 0 Å². The third-order valence-corrected chi connectivity index (χ3v) is 3.27. The Kier molecular flexibility index (Phi) is 8.95. The fraction of sp³-hybridized carbons (Fsp3) is 0.545. The van der Waals surface area contributed by atoms with Crippen molar-refractivity contribution in [3.05, 3.63) is 12.2 Å². The van der Waals surface area contributed by atoms with Gasteiger partial charge in [0, 0.05) is 25.9 Å². The van der Waals surface area contributed by atoms with E-state index in [9.17, 15) is 0 Å². The van der Waals surface area contributed by atoms with Crippen LogP contribution in [-0.2, 0) is 5.75 Å². The van der Waals surface area contributed by atoms with Crippen LogP contribution in [0.5, 0.6) is 0 Å². The molecule has 0 saturated heterocycles. The van der Waals surface area contributed by atoms with E-state index < -0.39 is 0 Å². The normalized spacial score (nSPS) is 11.8. The summed E-state index contributed by atoms with van der Waals surface area (Å²) in [5.74, 6) is 3.19. The Balaban J connectivity index is 2.05. The van der Waals surface area contributed by atoms with E-state index in [2.05, 4.69) is 41.1 Å². The number of aromatic amines is 1. The molecule has 0 atom stereocenters. The second kappa shape index (κ2) is 11.2. The maximum Gasteiger partial charge on any atom is 0.209 e. The van der Waals surface area contributed by atoms with Crippen LogP contribution in [-0.4, -0.2) is 59.5 Å². The van der Waals surface area contributed by atoms with E-state index in [4.69, 9.17) is 11.0 Å². The Labute approximate surface area is 133 Å². The molecule has 0 aromatic carbocycles. The monoisotopic (exact) mass is 324 g/mol. The molecule has 0 aliphatic carbocycles. The summed E-state index contributed by atoms with van der Waals surface area (Å²) in [4.78, 5) is 11.8. The van der Waals surface area contributed by atoms with Crippen LogP contribution in [0.1, 0.15) is 5.82 Å². The van der Waals surface area contributed by atoms with Crippen LogP contribution in [0.15, 0.2) is 16.3 Å². The van der Waals surface area contributed by atoms with E-state index in [1.165, 1.54) is 0 Å². The quantitative estimate of drug-likeness (QED) is 0.169. The second-order valence-corrected chi connectivity index (χ2v) is 5.00. The van der Waals surface area contributed by atoms with E-state index in [1.807, 2.05) is 0 Å². The molecule has 0 spiro atoms. The minimum atomic E-state index is 0.392. The summed E-state index contributed by atoms with van der Waals surface area (Å²) in [5, 5.41) is 23.7. The number of rotatable bonds is 8. The lowest BCUT2D eigenvalue weighted by molar-refractivity contribution is 0.787. The van der Waals surface area contributed by atoms with Crippen LogP contribution in [0, 0.1) is 11.5 Å². The molecule has 6 N–H and O–H groups in total. The number of nitrogens with one attached hydrogen (secondary N) is 4. The number of H-pyrrole nitrogens is 1. The highest BCUT2D eigenvalue weighted by atomic mass is 32.2. The number of hydrogen-bond acceptors (Lipinski definition) is 6. The van der Waals surface area contributed by atoms with Gasteiger partial charge in [-0.1, -0.05) is 0 Å². The van der Waals surface area contributed by atoms with Gasteiger partial charge in [-0.3, -0.25) is 10.1 Å². The number of guanidine groups is 2. The van der Waals surface area contributed by atoms with Gasteiger partial charge in [-0.05, 0) is 0 Å². The summed E-state index contributed by atoms with van der Waals surface area (Å²) in [6, 6.07) is 0. The largest absolute Gasteiger partial charge is 0.370 e. The average Bonchev–Trinajstić information content (AvgIpc) is 3.03. The van der Waals surface area contributed by atoms with Crippen LogP contribution >= 0.6 is 11.8 Å². The maximum atomic E-state index is 8.43. The van der Waals surface area contributed by atoms with E-state index in [1.54, 1.807) is 31.3 Å². The number of nitrogens with two attached hydrogens (primary N) is 1. The molecule has 11 heteroatoms. The minimum absolute atomic E-state index is 0.392. The number of hydrogen-bond donors (Lipinski definition) is 5. The van der Waals surface area contributed by atoms with Crippen LogP contribution in [0.25, 0.3) is 0 Å². The van der Waals surface area contributed by atoms with E-state index in [-0.39, 0.29) is 0 Å². The molecule has 0 aliphatic rings. The third kappa shape index (κ3) is 7.95. The molecule has 1 aromatic rings. The standard InChI is InChI=1S/C11H20N10S/c1-14-11(18-7-12)17-3-2-15-10(13)16-4-5-22-6-9-19-8-20-21-9/h8H,2-6H2,1H3,(H3,13,15,16)(H2,14,17,18)(H,19,20,21). The highest BCUT2D eigenvalue weighted by molar-refractivity contribution is 7.98. The molecular formula is C11H20N10S. The number of nitriles is 1. The van der Waals surface area contributed by atoms with Crippen molar-refractivity contribution in [3.63, 3.8) is 0 Å². The molecule has 0 radical (unpaired) electrons. The van der Waals surface area contributed by atoms with Crippen molar-refractivity contribution in [2.24, 2.45) is 15.7 Å². The first-order valence-electron chi connectivity index (χ1n) is 6.61. The third-order valence-electron chi connectivity index (χ3n) is 2.34. The minimum Gasteiger partial charge on any atom is -0.370 e. The van der Waals surface area contributed by atoms with Gasteiger partial charge < -0.3 is 21.7 Å². The number of thioether (sulfide) groups is 1. The van der Waals surface area contributed by atoms with Gasteiger partial charge >= 0.3 is 0 Å². The zero-order valence-electron chi connectivity index (χ0n) is 12.3. The topological polar surface area (TPSA) is 152 Å². The highest BCUT2D eigenvalue weighted by Crippen LogP contribution is 2.06. The maximum absolute atomic E-state index is 8.43. The molecule has 1 rings (SSSR count). The molecule has 0 amide bonds. The van der Waals surface area contributed by atoms with Crippen LogP contribution in [0.4, 0.5) is 0 Å². The summed E-state index contributed by atoms with van der Waals surface area (Å²) in [6.45, 7) is 1.77. The average molecular weight is 324 g/mol. The Hall–Kier alpha value is -2.48.